The van der Waals surface area contributed by atoms with Crippen LogP contribution in [0.1, 0.15) is 45.1 Å². The normalized spacial score (nSPS) is 21.9. The van der Waals surface area contributed by atoms with Gasteiger partial charge in [0.05, 0.1) is 14.2 Å². The van der Waals surface area contributed by atoms with E-state index in [0.29, 0.717) is 47.3 Å². The lowest BCUT2D eigenvalue weighted by atomic mass is 9.78. The SMILES string of the molecule is COc1cc(CCC(=O)NNC(=S)N[C@H]2CCC[C@@H](C)[C@H]2C)cc(OC)c1. The van der Waals surface area contributed by atoms with Crippen LogP contribution in [0.4, 0.5) is 0 Å². The summed E-state index contributed by atoms with van der Waals surface area (Å²) in [5.74, 6) is 2.56. The van der Waals surface area contributed by atoms with Crippen molar-refractivity contribution in [1.82, 2.24) is 16.2 Å². The van der Waals surface area contributed by atoms with Crippen LogP contribution in [-0.2, 0) is 11.2 Å². The van der Waals surface area contributed by atoms with Crippen LogP contribution in [0.15, 0.2) is 18.2 Å². The topological polar surface area (TPSA) is 71.6 Å². The molecule has 1 fully saturated rings. The number of aryl methyl sites for hydroxylation is 1. The zero-order valence-electron chi connectivity index (χ0n) is 16.6. The van der Waals surface area contributed by atoms with Gasteiger partial charge in [0.15, 0.2) is 5.11 Å². The molecule has 0 heterocycles. The Morgan fingerprint density at radius 2 is 1.78 bits per heavy atom. The number of hydrazine groups is 1. The lowest BCUT2D eigenvalue weighted by Crippen LogP contribution is -2.52. The highest BCUT2D eigenvalue weighted by atomic mass is 32.1. The maximum atomic E-state index is 12.1. The van der Waals surface area contributed by atoms with Crippen molar-refractivity contribution in [2.75, 3.05) is 14.2 Å². The van der Waals surface area contributed by atoms with Crippen molar-refractivity contribution in [2.24, 2.45) is 11.8 Å². The van der Waals surface area contributed by atoms with Gasteiger partial charge in [-0.25, -0.2) is 0 Å². The summed E-state index contributed by atoms with van der Waals surface area (Å²) in [5, 5.41) is 3.80. The summed E-state index contributed by atoms with van der Waals surface area (Å²) in [6, 6.07) is 5.97. The number of rotatable bonds is 6. The molecule has 1 saturated carbocycles. The molecule has 27 heavy (non-hydrogen) atoms. The number of methoxy groups -OCH3 is 2. The maximum Gasteiger partial charge on any atom is 0.238 e. The van der Waals surface area contributed by atoms with Crippen LogP contribution in [-0.4, -0.2) is 31.3 Å². The molecule has 1 aliphatic rings. The quantitative estimate of drug-likeness (QED) is 0.510. The molecular weight excluding hydrogens is 362 g/mol. The molecule has 0 spiro atoms. The number of benzene rings is 1. The summed E-state index contributed by atoms with van der Waals surface area (Å²) in [7, 11) is 3.22. The predicted molar refractivity (Wildman–Crippen MR) is 111 cm³/mol. The first kappa shape index (κ1) is 21.3. The highest BCUT2D eigenvalue weighted by Crippen LogP contribution is 2.29. The van der Waals surface area contributed by atoms with Crippen LogP contribution < -0.4 is 25.6 Å². The van der Waals surface area contributed by atoms with Gasteiger partial charge in [-0.15, -0.1) is 0 Å². The summed E-state index contributed by atoms with van der Waals surface area (Å²) >= 11 is 5.32. The van der Waals surface area contributed by atoms with E-state index in [1.54, 1.807) is 14.2 Å². The van der Waals surface area contributed by atoms with E-state index in [1.165, 1.54) is 12.8 Å². The van der Waals surface area contributed by atoms with Crippen LogP contribution in [0, 0.1) is 11.8 Å². The Labute approximate surface area is 167 Å². The van der Waals surface area contributed by atoms with Crippen molar-refractivity contribution in [1.29, 1.82) is 0 Å². The van der Waals surface area contributed by atoms with E-state index in [1.807, 2.05) is 18.2 Å². The fraction of sp³-hybridized carbons (Fsp3) is 0.600. The van der Waals surface area contributed by atoms with E-state index in [2.05, 4.69) is 30.0 Å². The second-order valence-corrected chi connectivity index (χ2v) is 7.65. The van der Waals surface area contributed by atoms with Gasteiger partial charge >= 0.3 is 0 Å². The fourth-order valence-electron chi connectivity index (χ4n) is 3.45. The zero-order chi connectivity index (χ0) is 19.8. The molecule has 150 valence electrons. The molecular formula is C20H31N3O3S. The van der Waals surface area contributed by atoms with Gasteiger partial charge in [0, 0.05) is 18.5 Å². The number of nitrogens with one attached hydrogen (secondary N) is 3. The number of thiocarbonyl (C=S) groups is 1. The third-order valence-corrected chi connectivity index (χ3v) is 5.61. The third-order valence-electron chi connectivity index (χ3n) is 5.39. The van der Waals surface area contributed by atoms with Crippen molar-refractivity contribution in [2.45, 2.75) is 52.0 Å². The Hall–Kier alpha value is -2.02. The third kappa shape index (κ3) is 6.57. The zero-order valence-corrected chi connectivity index (χ0v) is 17.4. The summed E-state index contributed by atoms with van der Waals surface area (Å²) in [5.41, 5.74) is 6.47. The Morgan fingerprint density at radius 1 is 1.11 bits per heavy atom. The lowest BCUT2D eigenvalue weighted by molar-refractivity contribution is -0.121. The fourth-order valence-corrected chi connectivity index (χ4v) is 3.65. The monoisotopic (exact) mass is 393 g/mol. The summed E-state index contributed by atoms with van der Waals surface area (Å²) in [6.45, 7) is 4.54. The van der Waals surface area contributed by atoms with Crippen LogP contribution in [0.5, 0.6) is 11.5 Å². The Balaban J connectivity index is 1.75. The first-order valence-corrected chi connectivity index (χ1v) is 9.91. The van der Waals surface area contributed by atoms with Gasteiger partial charge in [-0.05, 0) is 54.6 Å². The predicted octanol–water partition coefficient (Wildman–Crippen LogP) is 2.96. The van der Waals surface area contributed by atoms with Gasteiger partial charge < -0.3 is 14.8 Å². The summed E-state index contributed by atoms with van der Waals surface area (Å²) < 4.78 is 10.5. The molecule has 0 saturated heterocycles. The second-order valence-electron chi connectivity index (χ2n) is 7.24. The largest absolute Gasteiger partial charge is 0.497 e. The van der Waals surface area contributed by atoms with Crippen molar-refractivity contribution >= 4 is 23.2 Å². The molecule has 6 nitrogen and oxygen atoms in total. The van der Waals surface area contributed by atoms with Gasteiger partial charge in [0.25, 0.3) is 0 Å². The number of amides is 1. The minimum atomic E-state index is -0.119. The van der Waals surface area contributed by atoms with Crippen molar-refractivity contribution in [3.8, 4) is 11.5 Å². The molecule has 3 atom stereocenters. The van der Waals surface area contributed by atoms with Crippen molar-refractivity contribution < 1.29 is 14.3 Å². The van der Waals surface area contributed by atoms with E-state index in [4.69, 9.17) is 21.7 Å². The minimum Gasteiger partial charge on any atom is -0.497 e. The molecule has 1 aliphatic carbocycles. The molecule has 0 radical (unpaired) electrons. The standard InChI is InChI=1S/C20H31N3O3S/c1-13-6-5-7-18(14(13)2)21-20(27)23-22-19(24)9-8-15-10-16(25-3)12-17(11-15)26-4/h10-14,18H,5-9H2,1-4H3,(H,22,24)(H2,21,23,27)/t13-,14-,18+/m1/s1. The van der Waals surface area contributed by atoms with Crippen molar-refractivity contribution in [3.63, 3.8) is 0 Å². The van der Waals surface area contributed by atoms with Crippen LogP contribution in [0.25, 0.3) is 0 Å². The van der Waals surface area contributed by atoms with Crippen LogP contribution in [0.2, 0.25) is 0 Å². The van der Waals surface area contributed by atoms with Gasteiger partial charge in [-0.1, -0.05) is 26.7 Å². The number of hydrogen-bond acceptors (Lipinski definition) is 4. The van der Waals surface area contributed by atoms with Crippen molar-refractivity contribution in [3.05, 3.63) is 23.8 Å². The van der Waals surface area contributed by atoms with Gasteiger partial charge in [0.2, 0.25) is 5.91 Å². The number of ether oxygens (including phenoxy) is 2. The van der Waals surface area contributed by atoms with E-state index in [9.17, 15) is 4.79 Å². The molecule has 7 heteroatoms. The number of carbonyl (C=O) groups excluding carboxylic acids is 1. The van der Waals surface area contributed by atoms with Crippen LogP contribution in [0.3, 0.4) is 0 Å². The van der Waals surface area contributed by atoms with E-state index < -0.39 is 0 Å². The highest BCUT2D eigenvalue weighted by Gasteiger charge is 2.27. The number of hydrogen-bond donors (Lipinski definition) is 3. The van der Waals surface area contributed by atoms with Gasteiger partial charge in [-0.3, -0.25) is 15.6 Å². The Bertz CT molecular complexity index is 631. The average molecular weight is 394 g/mol. The van der Waals surface area contributed by atoms with Gasteiger partial charge in [0.1, 0.15) is 11.5 Å². The van der Waals surface area contributed by atoms with E-state index in [-0.39, 0.29) is 5.91 Å². The Morgan fingerprint density at radius 3 is 2.41 bits per heavy atom. The summed E-state index contributed by atoms with van der Waals surface area (Å²) in [6.07, 6.45) is 4.51. The molecule has 0 aromatic heterocycles. The molecule has 0 unspecified atom stereocenters. The smallest absolute Gasteiger partial charge is 0.238 e. The lowest BCUT2D eigenvalue weighted by Gasteiger charge is -2.35. The first-order valence-electron chi connectivity index (χ1n) is 9.50. The molecule has 1 amide bonds. The first-order chi connectivity index (χ1) is 12.9. The van der Waals surface area contributed by atoms with E-state index in [0.717, 1.165) is 12.0 Å². The molecule has 1 aromatic carbocycles. The summed E-state index contributed by atoms with van der Waals surface area (Å²) in [4.78, 5) is 12.1. The highest BCUT2D eigenvalue weighted by molar-refractivity contribution is 7.80. The molecule has 2 rings (SSSR count). The average Bonchev–Trinajstić information content (AvgIpc) is 2.68. The van der Waals surface area contributed by atoms with Gasteiger partial charge in [-0.2, -0.15) is 0 Å². The van der Waals surface area contributed by atoms with E-state index >= 15 is 0 Å². The van der Waals surface area contributed by atoms with Crippen LogP contribution >= 0.6 is 12.2 Å². The molecule has 1 aromatic rings. The Kier molecular flexibility index (Phi) is 8.16. The maximum absolute atomic E-state index is 12.1. The number of carbonyl (C=O) groups is 1. The molecule has 0 aliphatic heterocycles. The molecule has 0 bridgehead atoms. The minimum absolute atomic E-state index is 0.119. The second kappa shape index (κ2) is 10.3. The molecule has 3 N–H and O–H groups in total.